The zero-order chi connectivity index (χ0) is 23.1. The summed E-state index contributed by atoms with van der Waals surface area (Å²) in [7, 11) is 0. The molecule has 0 bridgehead atoms. The van der Waals surface area contributed by atoms with Crippen LogP contribution in [0.4, 0.5) is 4.39 Å². The van der Waals surface area contributed by atoms with Gasteiger partial charge in [0.2, 0.25) is 0 Å². The molecule has 1 saturated carbocycles. The second-order valence-corrected chi connectivity index (χ2v) is 9.46. The largest absolute Gasteiger partial charge is 0.490 e. The molecule has 0 aromatic heterocycles. The van der Waals surface area contributed by atoms with Crippen LogP contribution in [0.3, 0.4) is 0 Å². The lowest BCUT2D eigenvalue weighted by Crippen LogP contribution is -2.24. The van der Waals surface area contributed by atoms with Crippen LogP contribution in [0, 0.1) is 5.82 Å². The van der Waals surface area contributed by atoms with Gasteiger partial charge in [-0.1, -0.05) is 56.7 Å². The molecule has 4 rings (SSSR count). The van der Waals surface area contributed by atoms with Crippen molar-refractivity contribution in [1.29, 1.82) is 0 Å². The first kappa shape index (κ1) is 23.3. The molecule has 3 nitrogen and oxygen atoms in total. The van der Waals surface area contributed by atoms with Crippen LogP contribution >= 0.6 is 0 Å². The molecule has 0 saturated heterocycles. The van der Waals surface area contributed by atoms with Crippen LogP contribution in [0.15, 0.2) is 72.8 Å². The highest BCUT2D eigenvalue weighted by atomic mass is 19.1. The van der Waals surface area contributed by atoms with E-state index in [2.05, 4.69) is 38.1 Å². The highest BCUT2D eigenvalue weighted by molar-refractivity contribution is 5.35. The molecule has 0 atom stereocenters. The summed E-state index contributed by atoms with van der Waals surface area (Å²) < 4.78 is 32.1. The fraction of sp³-hybridized carbons (Fsp3) is 0.379. The molecule has 1 aliphatic rings. The SMILES string of the molecule is CC(C)(COCc1ccc(F)c(Oc2ccccc2)c1)c1ccc(OC2CCCCC2)cc1. The summed E-state index contributed by atoms with van der Waals surface area (Å²) in [6, 6.07) is 22.5. The minimum absolute atomic E-state index is 0.160. The summed E-state index contributed by atoms with van der Waals surface area (Å²) in [5.74, 6) is 1.36. The third kappa shape index (κ3) is 6.58. The maximum Gasteiger partial charge on any atom is 0.165 e. The highest BCUT2D eigenvalue weighted by Crippen LogP contribution is 2.29. The zero-order valence-corrected chi connectivity index (χ0v) is 19.6. The molecule has 0 aliphatic heterocycles. The lowest BCUT2D eigenvalue weighted by Gasteiger charge is -2.26. The normalized spacial score (nSPS) is 14.8. The van der Waals surface area contributed by atoms with E-state index in [-0.39, 0.29) is 11.2 Å². The summed E-state index contributed by atoms with van der Waals surface area (Å²) in [5.41, 5.74) is 1.91. The second kappa shape index (κ2) is 10.8. The van der Waals surface area contributed by atoms with Gasteiger partial charge in [0, 0.05) is 5.41 Å². The average Bonchev–Trinajstić information content (AvgIpc) is 2.83. The Morgan fingerprint density at radius 3 is 2.30 bits per heavy atom. The van der Waals surface area contributed by atoms with Crippen molar-refractivity contribution < 1.29 is 18.6 Å². The van der Waals surface area contributed by atoms with Gasteiger partial charge in [-0.05, 0) is 73.2 Å². The molecule has 4 heteroatoms. The Morgan fingerprint density at radius 2 is 1.58 bits per heavy atom. The quantitative estimate of drug-likeness (QED) is 0.334. The van der Waals surface area contributed by atoms with Crippen LogP contribution in [0.1, 0.15) is 57.1 Å². The van der Waals surface area contributed by atoms with Gasteiger partial charge < -0.3 is 14.2 Å². The molecule has 0 amide bonds. The standard InChI is InChI=1S/C29H33FO3/c1-29(2,23-14-16-26(17-15-23)32-24-9-5-3-6-10-24)21-31-20-22-13-18-27(30)28(19-22)33-25-11-7-4-8-12-25/h4,7-8,11-19,24H,3,5-6,9-10,20-21H2,1-2H3. The predicted octanol–water partition coefficient (Wildman–Crippen LogP) is 7.82. The molecule has 3 aromatic carbocycles. The summed E-state index contributed by atoms with van der Waals surface area (Å²) in [5, 5.41) is 0. The van der Waals surface area contributed by atoms with E-state index in [1.54, 1.807) is 24.3 Å². The number of para-hydroxylation sites is 1. The molecule has 0 radical (unpaired) electrons. The van der Waals surface area contributed by atoms with Crippen LogP contribution in [-0.4, -0.2) is 12.7 Å². The van der Waals surface area contributed by atoms with E-state index in [4.69, 9.17) is 14.2 Å². The maximum absolute atomic E-state index is 14.2. The Balaban J connectivity index is 1.31. The fourth-order valence-corrected chi connectivity index (χ4v) is 4.20. The van der Waals surface area contributed by atoms with E-state index < -0.39 is 5.82 Å². The third-order valence-electron chi connectivity index (χ3n) is 6.19. The number of hydrogen-bond acceptors (Lipinski definition) is 3. The van der Waals surface area contributed by atoms with Gasteiger partial charge in [-0.15, -0.1) is 0 Å². The second-order valence-electron chi connectivity index (χ2n) is 9.46. The first-order valence-electron chi connectivity index (χ1n) is 11.9. The number of ether oxygens (including phenoxy) is 3. The summed E-state index contributed by atoms with van der Waals surface area (Å²) in [6.07, 6.45) is 6.52. The van der Waals surface area contributed by atoms with E-state index in [1.165, 1.54) is 30.9 Å². The van der Waals surface area contributed by atoms with Gasteiger partial charge in [0.1, 0.15) is 11.5 Å². The van der Waals surface area contributed by atoms with Gasteiger partial charge >= 0.3 is 0 Å². The van der Waals surface area contributed by atoms with E-state index >= 15 is 0 Å². The maximum atomic E-state index is 14.2. The molecule has 3 aromatic rings. The number of halogens is 1. The lowest BCUT2D eigenvalue weighted by molar-refractivity contribution is 0.0823. The Kier molecular flexibility index (Phi) is 7.66. The molecule has 33 heavy (non-hydrogen) atoms. The van der Waals surface area contributed by atoms with Crippen molar-refractivity contribution in [2.75, 3.05) is 6.61 Å². The summed E-state index contributed by atoms with van der Waals surface area (Å²) in [6.45, 7) is 5.26. The number of hydrogen-bond donors (Lipinski definition) is 0. The van der Waals surface area contributed by atoms with Crippen molar-refractivity contribution in [3.63, 3.8) is 0 Å². The highest BCUT2D eigenvalue weighted by Gasteiger charge is 2.22. The topological polar surface area (TPSA) is 27.7 Å². The minimum Gasteiger partial charge on any atom is -0.490 e. The van der Waals surface area contributed by atoms with Crippen molar-refractivity contribution in [3.8, 4) is 17.2 Å². The molecule has 0 N–H and O–H groups in total. The van der Waals surface area contributed by atoms with Crippen molar-refractivity contribution in [2.24, 2.45) is 0 Å². The van der Waals surface area contributed by atoms with E-state index in [0.717, 1.165) is 24.2 Å². The van der Waals surface area contributed by atoms with Gasteiger partial charge in [-0.25, -0.2) is 4.39 Å². The van der Waals surface area contributed by atoms with Crippen molar-refractivity contribution in [1.82, 2.24) is 0 Å². The lowest BCUT2D eigenvalue weighted by atomic mass is 9.85. The van der Waals surface area contributed by atoms with E-state index in [0.29, 0.717) is 25.1 Å². The van der Waals surface area contributed by atoms with Gasteiger partial charge in [0.15, 0.2) is 11.6 Å². The molecule has 1 fully saturated rings. The van der Waals surface area contributed by atoms with Gasteiger partial charge in [0.25, 0.3) is 0 Å². The predicted molar refractivity (Wildman–Crippen MR) is 130 cm³/mol. The summed E-state index contributed by atoms with van der Waals surface area (Å²) in [4.78, 5) is 0. The van der Waals surface area contributed by atoms with E-state index in [1.807, 2.05) is 18.2 Å². The molecular formula is C29H33FO3. The Hall–Kier alpha value is -2.85. The Labute approximate surface area is 196 Å². The minimum atomic E-state index is -0.390. The third-order valence-corrected chi connectivity index (χ3v) is 6.19. The van der Waals surface area contributed by atoms with Crippen molar-refractivity contribution >= 4 is 0 Å². The Bertz CT molecular complexity index is 1010. The van der Waals surface area contributed by atoms with Crippen LogP contribution in [-0.2, 0) is 16.8 Å². The van der Waals surface area contributed by atoms with Crippen molar-refractivity contribution in [3.05, 3.63) is 89.7 Å². The molecule has 1 aliphatic carbocycles. The first-order valence-corrected chi connectivity index (χ1v) is 11.9. The van der Waals surface area contributed by atoms with Gasteiger partial charge in [0.05, 0.1) is 19.3 Å². The van der Waals surface area contributed by atoms with E-state index in [9.17, 15) is 4.39 Å². The molecule has 174 valence electrons. The summed E-state index contributed by atoms with van der Waals surface area (Å²) >= 11 is 0. The smallest absolute Gasteiger partial charge is 0.165 e. The monoisotopic (exact) mass is 448 g/mol. The zero-order valence-electron chi connectivity index (χ0n) is 19.6. The Morgan fingerprint density at radius 1 is 0.848 bits per heavy atom. The number of rotatable bonds is 9. The van der Waals surface area contributed by atoms with Crippen molar-refractivity contribution in [2.45, 2.75) is 64.1 Å². The first-order chi connectivity index (χ1) is 16.0. The molecule has 0 spiro atoms. The van der Waals surface area contributed by atoms with Gasteiger partial charge in [-0.2, -0.15) is 0 Å². The van der Waals surface area contributed by atoms with Crippen LogP contribution < -0.4 is 9.47 Å². The van der Waals surface area contributed by atoms with Crippen LogP contribution in [0.25, 0.3) is 0 Å². The average molecular weight is 449 g/mol. The fourth-order valence-electron chi connectivity index (χ4n) is 4.20. The number of benzene rings is 3. The van der Waals surface area contributed by atoms with Gasteiger partial charge in [-0.3, -0.25) is 0 Å². The van der Waals surface area contributed by atoms with Crippen LogP contribution in [0.5, 0.6) is 17.2 Å². The molecule has 0 heterocycles. The molecule has 0 unspecified atom stereocenters. The van der Waals surface area contributed by atoms with Crippen LogP contribution in [0.2, 0.25) is 0 Å². The molecular weight excluding hydrogens is 415 g/mol.